The number of carbonyl (C=O) groups excluding carboxylic acids is 1. The summed E-state index contributed by atoms with van der Waals surface area (Å²) in [5.41, 5.74) is 3.19. The Hall–Kier alpha value is -2.07. The molecule has 0 N–H and O–H groups in total. The van der Waals surface area contributed by atoms with Gasteiger partial charge in [-0.2, -0.15) is 0 Å². The van der Waals surface area contributed by atoms with E-state index in [-0.39, 0.29) is 5.78 Å². The van der Waals surface area contributed by atoms with Gasteiger partial charge in [0, 0.05) is 17.7 Å². The van der Waals surface area contributed by atoms with Crippen molar-refractivity contribution in [3.8, 4) is 5.75 Å². The standard InChI is InChI=1S/C18H17NO2S/c1-21-15-8-6-14(7-9-15)17(20)12-22-18-16-5-3-2-4-13(16)10-11-19-18/h2-9H,10-12H2,1H3. The van der Waals surface area contributed by atoms with Crippen LogP contribution in [0.1, 0.15) is 21.5 Å². The first-order chi connectivity index (χ1) is 10.8. The van der Waals surface area contributed by atoms with E-state index in [9.17, 15) is 4.79 Å². The molecule has 0 saturated heterocycles. The van der Waals surface area contributed by atoms with Gasteiger partial charge in [-0.05, 0) is 36.2 Å². The zero-order chi connectivity index (χ0) is 15.4. The molecule has 0 aromatic heterocycles. The van der Waals surface area contributed by atoms with Crippen molar-refractivity contribution < 1.29 is 9.53 Å². The Labute approximate surface area is 134 Å². The van der Waals surface area contributed by atoms with E-state index >= 15 is 0 Å². The van der Waals surface area contributed by atoms with E-state index in [2.05, 4.69) is 23.2 Å². The molecule has 0 saturated carbocycles. The first kappa shape index (κ1) is 14.9. The molecule has 1 aliphatic heterocycles. The average Bonchev–Trinajstić information content (AvgIpc) is 2.59. The topological polar surface area (TPSA) is 38.7 Å². The fraction of sp³-hybridized carbons (Fsp3) is 0.222. The van der Waals surface area contributed by atoms with E-state index in [1.54, 1.807) is 19.2 Å². The first-order valence-corrected chi connectivity index (χ1v) is 8.19. The lowest BCUT2D eigenvalue weighted by Gasteiger charge is -2.15. The van der Waals surface area contributed by atoms with E-state index in [1.165, 1.54) is 22.9 Å². The average molecular weight is 311 g/mol. The molecular formula is C18H17NO2S. The van der Waals surface area contributed by atoms with Gasteiger partial charge in [0.05, 0.1) is 17.9 Å². The van der Waals surface area contributed by atoms with E-state index in [1.807, 2.05) is 18.2 Å². The van der Waals surface area contributed by atoms with Crippen molar-refractivity contribution in [1.82, 2.24) is 0 Å². The van der Waals surface area contributed by atoms with Crippen LogP contribution in [0, 0.1) is 0 Å². The molecule has 0 radical (unpaired) electrons. The van der Waals surface area contributed by atoms with E-state index < -0.39 is 0 Å². The van der Waals surface area contributed by atoms with Crippen LogP contribution in [0.15, 0.2) is 53.5 Å². The Balaban J connectivity index is 1.67. The number of benzene rings is 2. The zero-order valence-electron chi connectivity index (χ0n) is 12.4. The van der Waals surface area contributed by atoms with Gasteiger partial charge in [-0.3, -0.25) is 9.79 Å². The summed E-state index contributed by atoms with van der Waals surface area (Å²) in [6.07, 6.45) is 0.979. The smallest absolute Gasteiger partial charge is 0.173 e. The van der Waals surface area contributed by atoms with Gasteiger partial charge < -0.3 is 4.74 Å². The summed E-state index contributed by atoms with van der Waals surface area (Å²) in [4.78, 5) is 16.9. The van der Waals surface area contributed by atoms with Crippen LogP contribution < -0.4 is 4.74 Å². The van der Waals surface area contributed by atoms with Crippen LogP contribution in [0.4, 0.5) is 0 Å². The molecule has 0 amide bonds. The summed E-state index contributed by atoms with van der Waals surface area (Å²) >= 11 is 1.52. The van der Waals surface area contributed by atoms with Gasteiger partial charge >= 0.3 is 0 Å². The molecule has 0 unspecified atom stereocenters. The molecule has 2 aromatic rings. The third kappa shape index (κ3) is 3.22. The summed E-state index contributed by atoms with van der Waals surface area (Å²) in [6.45, 7) is 0.802. The second-order valence-electron chi connectivity index (χ2n) is 5.03. The molecular weight excluding hydrogens is 294 g/mol. The van der Waals surface area contributed by atoms with E-state index in [0.717, 1.165) is 23.8 Å². The van der Waals surface area contributed by atoms with Crippen molar-refractivity contribution in [2.24, 2.45) is 4.99 Å². The van der Waals surface area contributed by atoms with Crippen molar-refractivity contribution in [2.75, 3.05) is 19.4 Å². The Morgan fingerprint density at radius 3 is 2.73 bits per heavy atom. The van der Waals surface area contributed by atoms with Gasteiger partial charge in [-0.1, -0.05) is 36.0 Å². The van der Waals surface area contributed by atoms with Crippen LogP contribution in [-0.4, -0.2) is 30.2 Å². The van der Waals surface area contributed by atoms with Crippen LogP contribution in [0.2, 0.25) is 0 Å². The number of ketones is 1. The van der Waals surface area contributed by atoms with Crippen molar-refractivity contribution in [2.45, 2.75) is 6.42 Å². The summed E-state index contributed by atoms with van der Waals surface area (Å²) < 4.78 is 5.11. The maximum absolute atomic E-state index is 12.3. The number of thioether (sulfide) groups is 1. The number of aliphatic imine (C=N–C) groups is 1. The molecule has 0 spiro atoms. The molecule has 22 heavy (non-hydrogen) atoms. The third-order valence-electron chi connectivity index (χ3n) is 3.64. The minimum Gasteiger partial charge on any atom is -0.497 e. The van der Waals surface area contributed by atoms with Crippen molar-refractivity contribution in [3.05, 3.63) is 65.2 Å². The van der Waals surface area contributed by atoms with Crippen LogP contribution in [-0.2, 0) is 6.42 Å². The molecule has 0 aliphatic carbocycles. The van der Waals surface area contributed by atoms with Gasteiger partial charge in [-0.15, -0.1) is 0 Å². The highest BCUT2D eigenvalue weighted by Gasteiger charge is 2.15. The van der Waals surface area contributed by atoms with Gasteiger partial charge in [0.1, 0.15) is 5.75 Å². The molecule has 2 aromatic carbocycles. The monoisotopic (exact) mass is 311 g/mol. The summed E-state index contributed by atoms with van der Waals surface area (Å²) in [5.74, 6) is 1.27. The maximum Gasteiger partial charge on any atom is 0.173 e. The Bertz CT molecular complexity index is 707. The number of methoxy groups -OCH3 is 1. The fourth-order valence-corrected chi connectivity index (χ4v) is 3.40. The second-order valence-corrected chi connectivity index (χ2v) is 6.00. The number of hydrogen-bond acceptors (Lipinski definition) is 4. The third-order valence-corrected chi connectivity index (χ3v) is 4.67. The highest BCUT2D eigenvalue weighted by atomic mass is 32.2. The Kier molecular flexibility index (Phi) is 4.59. The van der Waals surface area contributed by atoms with Gasteiger partial charge in [0.2, 0.25) is 0 Å². The van der Waals surface area contributed by atoms with Crippen LogP contribution >= 0.6 is 11.8 Å². The number of rotatable bonds is 4. The minimum absolute atomic E-state index is 0.110. The van der Waals surface area contributed by atoms with Crippen LogP contribution in [0.5, 0.6) is 5.75 Å². The Morgan fingerprint density at radius 1 is 1.18 bits per heavy atom. The number of carbonyl (C=O) groups is 1. The summed E-state index contributed by atoms with van der Waals surface area (Å²) in [5, 5.41) is 0.976. The van der Waals surface area contributed by atoms with E-state index in [0.29, 0.717) is 11.3 Å². The van der Waals surface area contributed by atoms with Gasteiger partial charge in [0.15, 0.2) is 5.78 Å². The number of hydrogen-bond donors (Lipinski definition) is 0. The van der Waals surface area contributed by atoms with Crippen LogP contribution in [0.25, 0.3) is 0 Å². The highest BCUT2D eigenvalue weighted by Crippen LogP contribution is 2.23. The van der Waals surface area contributed by atoms with Crippen molar-refractivity contribution in [3.63, 3.8) is 0 Å². The zero-order valence-corrected chi connectivity index (χ0v) is 13.2. The van der Waals surface area contributed by atoms with E-state index in [4.69, 9.17) is 4.74 Å². The Morgan fingerprint density at radius 2 is 1.95 bits per heavy atom. The molecule has 3 rings (SSSR count). The summed E-state index contributed by atoms with van der Waals surface area (Å²) in [7, 11) is 1.62. The van der Waals surface area contributed by atoms with Gasteiger partial charge in [0.25, 0.3) is 0 Å². The molecule has 1 aliphatic rings. The molecule has 0 atom stereocenters. The predicted octanol–water partition coefficient (Wildman–Crippen LogP) is 3.61. The predicted molar refractivity (Wildman–Crippen MR) is 91.3 cm³/mol. The number of ether oxygens (including phenoxy) is 1. The SMILES string of the molecule is COc1ccc(C(=O)CSC2=NCCc3ccccc32)cc1. The maximum atomic E-state index is 12.3. The molecule has 1 heterocycles. The lowest BCUT2D eigenvalue weighted by Crippen LogP contribution is -2.12. The molecule has 0 fully saturated rings. The molecule has 112 valence electrons. The number of Topliss-reactive ketones (excluding diaryl/α,β-unsaturated/α-hetero) is 1. The highest BCUT2D eigenvalue weighted by molar-refractivity contribution is 8.15. The van der Waals surface area contributed by atoms with Crippen molar-refractivity contribution >= 4 is 22.6 Å². The minimum atomic E-state index is 0.110. The van der Waals surface area contributed by atoms with Gasteiger partial charge in [-0.25, -0.2) is 0 Å². The molecule has 4 heteroatoms. The lowest BCUT2D eigenvalue weighted by atomic mass is 10.0. The largest absolute Gasteiger partial charge is 0.497 e. The lowest BCUT2D eigenvalue weighted by molar-refractivity contribution is 0.102. The first-order valence-electron chi connectivity index (χ1n) is 7.20. The second kappa shape index (κ2) is 6.79. The molecule has 0 bridgehead atoms. The normalized spacial score (nSPS) is 13.2. The van der Waals surface area contributed by atoms with Crippen LogP contribution in [0.3, 0.4) is 0 Å². The summed E-state index contributed by atoms with van der Waals surface area (Å²) in [6, 6.07) is 15.5. The molecule has 3 nitrogen and oxygen atoms in total. The van der Waals surface area contributed by atoms with Crippen molar-refractivity contribution in [1.29, 1.82) is 0 Å². The fourth-order valence-electron chi connectivity index (χ4n) is 2.43. The number of fused-ring (bicyclic) bond motifs is 1. The quantitative estimate of drug-likeness (QED) is 0.810. The number of nitrogens with zero attached hydrogens (tertiary/aromatic N) is 1.